The van der Waals surface area contributed by atoms with E-state index in [1.54, 1.807) is 4.90 Å². The summed E-state index contributed by atoms with van der Waals surface area (Å²) in [5.74, 6) is 0.880. The highest BCUT2D eigenvalue weighted by atomic mass is 35.5. The van der Waals surface area contributed by atoms with Gasteiger partial charge in [0.15, 0.2) is 5.82 Å². The fraction of sp³-hybridized carbons (Fsp3) is 0.667. The number of ether oxygens (including phenoxy) is 2. The van der Waals surface area contributed by atoms with Crippen molar-refractivity contribution >= 4 is 35.4 Å². The van der Waals surface area contributed by atoms with Gasteiger partial charge in [0.25, 0.3) is 0 Å². The van der Waals surface area contributed by atoms with E-state index < -0.39 is 5.60 Å². The average Bonchev–Trinajstić information content (AvgIpc) is 3.24. The van der Waals surface area contributed by atoms with Crippen molar-refractivity contribution in [1.29, 1.82) is 5.41 Å². The van der Waals surface area contributed by atoms with Crippen LogP contribution in [0.3, 0.4) is 0 Å². The first-order chi connectivity index (χ1) is 20.6. The fourth-order valence-electron chi connectivity index (χ4n) is 7.06. The second-order valence-corrected chi connectivity index (χ2v) is 14.8. The van der Waals surface area contributed by atoms with E-state index in [2.05, 4.69) is 42.3 Å². The quantitative estimate of drug-likeness (QED) is 0.296. The minimum Gasteiger partial charge on any atom is -0.444 e. The molecule has 3 aliphatic rings. The standard InChI is InChI=1S/C33H50ClN7O3/c1-20-15-26(36)25(17-35)28(29(20)34)27-21(2)41(22-9-12-39(13-10-22)31(42)44-32(3,4)5)37-30(27)40-14-11-23(16-33(40,6)7)38(8)24-18-43-19-24/h15,17,22-24,35H,9-14,16,18-19,36H2,1-8H3. The number of carbonyl (C=O) groups is 1. The van der Waals surface area contributed by atoms with Crippen LogP contribution in [-0.4, -0.2) is 95.0 Å². The number of likely N-dealkylation sites (N-methyl/N-ethyl adjacent to an activating group) is 1. The molecule has 11 heteroatoms. The molecule has 10 nitrogen and oxygen atoms in total. The van der Waals surface area contributed by atoms with Crippen LogP contribution in [0.15, 0.2) is 6.07 Å². The van der Waals surface area contributed by atoms with Crippen LogP contribution in [0.2, 0.25) is 5.02 Å². The van der Waals surface area contributed by atoms with Gasteiger partial charge in [0.2, 0.25) is 0 Å². The van der Waals surface area contributed by atoms with E-state index in [0.29, 0.717) is 41.4 Å². The maximum absolute atomic E-state index is 12.8. The monoisotopic (exact) mass is 627 g/mol. The summed E-state index contributed by atoms with van der Waals surface area (Å²) >= 11 is 7.07. The number of amides is 1. The molecule has 3 saturated heterocycles. The Morgan fingerprint density at radius 3 is 2.36 bits per heavy atom. The Morgan fingerprint density at radius 1 is 1.16 bits per heavy atom. The van der Waals surface area contributed by atoms with Crippen molar-refractivity contribution < 1.29 is 14.3 Å². The summed E-state index contributed by atoms with van der Waals surface area (Å²) in [6, 6.07) is 2.88. The van der Waals surface area contributed by atoms with Crippen molar-refractivity contribution in [3.8, 4) is 11.1 Å². The van der Waals surface area contributed by atoms with Gasteiger partial charge < -0.3 is 30.4 Å². The van der Waals surface area contributed by atoms with Crippen LogP contribution >= 0.6 is 11.6 Å². The molecule has 3 fully saturated rings. The number of carbonyl (C=O) groups excluding carboxylic acids is 1. The number of piperidine rings is 2. The van der Waals surface area contributed by atoms with Crippen LogP contribution in [-0.2, 0) is 9.47 Å². The van der Waals surface area contributed by atoms with Crippen molar-refractivity contribution in [3.63, 3.8) is 0 Å². The van der Waals surface area contributed by atoms with Crippen LogP contribution in [0, 0.1) is 19.3 Å². The van der Waals surface area contributed by atoms with E-state index in [1.165, 1.54) is 6.21 Å². The number of halogens is 1. The summed E-state index contributed by atoms with van der Waals surface area (Å²) in [6.07, 6.45) is 4.57. The fourth-order valence-corrected chi connectivity index (χ4v) is 7.31. The number of hydrogen-bond donors (Lipinski definition) is 2. The molecule has 44 heavy (non-hydrogen) atoms. The maximum atomic E-state index is 12.8. The lowest BCUT2D eigenvalue weighted by Gasteiger charge is -2.50. The summed E-state index contributed by atoms with van der Waals surface area (Å²) in [6.45, 7) is 18.0. The van der Waals surface area contributed by atoms with E-state index in [-0.39, 0.29) is 17.7 Å². The first kappa shape index (κ1) is 32.6. The Balaban J connectivity index is 1.53. The third kappa shape index (κ3) is 6.17. The highest BCUT2D eigenvalue weighted by Crippen LogP contribution is 2.47. The highest BCUT2D eigenvalue weighted by molar-refractivity contribution is 6.35. The number of aryl methyl sites for hydroxylation is 1. The predicted molar refractivity (Wildman–Crippen MR) is 177 cm³/mol. The molecule has 0 bridgehead atoms. The number of nitrogen functional groups attached to an aromatic ring is 1. The number of likely N-dealkylation sites (tertiary alicyclic amines) is 1. The molecule has 0 saturated carbocycles. The number of nitrogens with two attached hydrogens (primary N) is 1. The van der Waals surface area contributed by atoms with E-state index >= 15 is 0 Å². The van der Waals surface area contributed by atoms with E-state index in [4.69, 9.17) is 37.3 Å². The number of anilines is 2. The van der Waals surface area contributed by atoms with Crippen molar-refractivity contribution in [2.24, 2.45) is 0 Å². The molecule has 4 heterocycles. The summed E-state index contributed by atoms with van der Waals surface area (Å²) in [7, 11) is 2.23. The number of rotatable bonds is 6. The number of hydrogen-bond acceptors (Lipinski definition) is 8. The van der Waals surface area contributed by atoms with Crippen molar-refractivity contribution in [2.45, 2.75) is 103 Å². The Hall–Kier alpha value is -2.82. The van der Waals surface area contributed by atoms with Crippen molar-refractivity contribution in [1.82, 2.24) is 19.6 Å². The molecular formula is C33H50ClN7O3. The highest BCUT2D eigenvalue weighted by Gasteiger charge is 2.42. The molecule has 242 valence electrons. The lowest BCUT2D eigenvalue weighted by Crippen LogP contribution is -2.59. The molecule has 1 aromatic heterocycles. The average molecular weight is 628 g/mol. The molecule has 3 N–H and O–H groups in total. The third-order valence-corrected chi connectivity index (χ3v) is 10.2. The molecule has 0 aliphatic carbocycles. The van der Waals surface area contributed by atoms with Gasteiger partial charge in [-0.3, -0.25) is 9.58 Å². The van der Waals surface area contributed by atoms with Crippen LogP contribution in [0.1, 0.15) is 83.2 Å². The van der Waals surface area contributed by atoms with E-state index in [0.717, 1.165) is 73.6 Å². The van der Waals surface area contributed by atoms with Crippen molar-refractivity contribution in [2.75, 3.05) is 50.5 Å². The summed E-state index contributed by atoms with van der Waals surface area (Å²) < 4.78 is 13.3. The first-order valence-corrected chi connectivity index (χ1v) is 16.2. The largest absolute Gasteiger partial charge is 0.444 e. The molecular weight excluding hydrogens is 578 g/mol. The summed E-state index contributed by atoms with van der Waals surface area (Å²) in [4.78, 5) is 19.5. The summed E-state index contributed by atoms with van der Waals surface area (Å²) in [5, 5.41) is 14.3. The zero-order valence-electron chi connectivity index (χ0n) is 27.7. The lowest BCUT2D eigenvalue weighted by molar-refractivity contribution is -0.0750. The SMILES string of the molecule is Cc1cc(N)c(C=N)c(-c2c(N3CCC(N(C)C4COC4)CC3(C)C)nn(C3CCN(C(=O)OC(C)(C)C)CC3)c2C)c1Cl. The van der Waals surface area contributed by atoms with Gasteiger partial charge >= 0.3 is 6.09 Å². The Kier molecular flexibility index (Phi) is 9.01. The van der Waals surface area contributed by atoms with Crippen LogP contribution in [0.4, 0.5) is 16.3 Å². The number of nitrogens with one attached hydrogen (secondary N) is 1. The van der Waals surface area contributed by atoms with Gasteiger partial charge in [0.05, 0.1) is 30.3 Å². The second kappa shape index (κ2) is 12.2. The third-order valence-electron chi connectivity index (χ3n) is 9.69. The smallest absolute Gasteiger partial charge is 0.410 e. The molecule has 1 aromatic carbocycles. The number of aromatic nitrogens is 2. The molecule has 1 amide bonds. The van der Waals surface area contributed by atoms with Gasteiger partial charge in [-0.05, 0) is 92.8 Å². The minimum absolute atomic E-state index is 0.107. The van der Waals surface area contributed by atoms with Gasteiger partial charge in [0, 0.05) is 65.5 Å². The Labute approximate surface area is 267 Å². The topological polar surface area (TPSA) is 113 Å². The van der Waals surface area contributed by atoms with Crippen LogP contribution in [0.25, 0.3) is 11.1 Å². The van der Waals surface area contributed by atoms with Gasteiger partial charge in [-0.2, -0.15) is 5.10 Å². The molecule has 5 rings (SSSR count). The summed E-state index contributed by atoms with van der Waals surface area (Å²) in [5.41, 5.74) is 10.5. The van der Waals surface area contributed by atoms with Crippen LogP contribution in [0.5, 0.6) is 0 Å². The van der Waals surface area contributed by atoms with E-state index in [1.807, 2.05) is 33.8 Å². The first-order valence-electron chi connectivity index (χ1n) is 15.9. The van der Waals surface area contributed by atoms with Crippen LogP contribution < -0.4 is 10.6 Å². The molecule has 0 spiro atoms. The minimum atomic E-state index is -0.529. The maximum Gasteiger partial charge on any atom is 0.410 e. The molecule has 1 unspecified atom stereocenters. The zero-order valence-corrected chi connectivity index (χ0v) is 28.4. The molecule has 3 aliphatic heterocycles. The molecule has 0 radical (unpaired) electrons. The Morgan fingerprint density at radius 2 is 1.82 bits per heavy atom. The number of nitrogens with zero attached hydrogens (tertiary/aromatic N) is 5. The lowest BCUT2D eigenvalue weighted by atomic mass is 9.84. The van der Waals surface area contributed by atoms with E-state index in [9.17, 15) is 4.79 Å². The van der Waals surface area contributed by atoms with Gasteiger partial charge in [-0.15, -0.1) is 0 Å². The molecule has 2 aromatic rings. The normalized spacial score (nSPS) is 21.5. The second-order valence-electron chi connectivity index (χ2n) is 14.4. The zero-order chi connectivity index (χ0) is 32.1. The Bertz CT molecular complexity index is 1400. The van der Waals surface area contributed by atoms with Gasteiger partial charge in [-0.1, -0.05) is 11.6 Å². The molecule has 1 atom stereocenters. The number of benzene rings is 1. The van der Waals surface area contributed by atoms with Gasteiger partial charge in [-0.25, -0.2) is 4.79 Å². The van der Waals surface area contributed by atoms with Gasteiger partial charge in [0.1, 0.15) is 5.60 Å². The van der Waals surface area contributed by atoms with Crippen molar-refractivity contribution in [3.05, 3.63) is 27.9 Å². The predicted octanol–water partition coefficient (Wildman–Crippen LogP) is 6.05.